The van der Waals surface area contributed by atoms with Gasteiger partial charge < -0.3 is 14.5 Å². The fourth-order valence-corrected chi connectivity index (χ4v) is 6.93. The largest absolute Gasteiger partial charge is 0.493 e. The number of benzene rings is 1. The second-order valence-corrected chi connectivity index (χ2v) is 11.5. The number of hydrogen-bond donors (Lipinski definition) is 1. The molecule has 1 atom stereocenters. The maximum absolute atomic E-state index is 12.1. The van der Waals surface area contributed by atoms with Crippen molar-refractivity contribution in [2.45, 2.75) is 69.7 Å². The van der Waals surface area contributed by atoms with Crippen molar-refractivity contribution in [3.05, 3.63) is 52.6 Å². The van der Waals surface area contributed by atoms with Crippen LogP contribution >= 0.6 is 21.6 Å². The van der Waals surface area contributed by atoms with Gasteiger partial charge in [0.25, 0.3) is 0 Å². The number of hydrogen-bond acceptors (Lipinski definition) is 8. The Morgan fingerprint density at radius 1 is 1.17 bits per heavy atom. The van der Waals surface area contributed by atoms with Crippen LogP contribution in [0.1, 0.15) is 57.1 Å². The van der Waals surface area contributed by atoms with E-state index >= 15 is 0 Å². The number of aryl methyl sites for hydroxylation is 1. The Kier molecular flexibility index (Phi) is 9.94. The molecule has 0 saturated carbocycles. The zero-order valence-electron chi connectivity index (χ0n) is 19.8. The Bertz CT molecular complexity index is 1140. The average Bonchev–Trinajstić information content (AvgIpc) is 3.54. The normalized spacial score (nSPS) is 15.5. The maximum atomic E-state index is 12.1. The summed E-state index contributed by atoms with van der Waals surface area (Å²) in [7, 11) is 3.97. The van der Waals surface area contributed by atoms with Gasteiger partial charge in [-0.25, -0.2) is 4.79 Å². The second kappa shape index (κ2) is 13.6. The Hall–Kier alpha value is -2.46. The molecule has 1 amide bonds. The predicted molar refractivity (Wildman–Crippen MR) is 141 cm³/mol. The highest BCUT2D eigenvalue weighted by molar-refractivity contribution is 8.77. The van der Waals surface area contributed by atoms with E-state index in [2.05, 4.69) is 15.6 Å². The summed E-state index contributed by atoms with van der Waals surface area (Å²) in [6, 6.07) is 8.67. The van der Waals surface area contributed by atoms with Crippen molar-refractivity contribution in [2.75, 3.05) is 12.4 Å². The van der Waals surface area contributed by atoms with Crippen LogP contribution in [0, 0.1) is 0 Å². The van der Waals surface area contributed by atoms with E-state index < -0.39 is 0 Å². The van der Waals surface area contributed by atoms with Crippen molar-refractivity contribution in [3.8, 4) is 5.75 Å². The van der Waals surface area contributed by atoms with Crippen LogP contribution in [0.5, 0.6) is 5.75 Å². The molecule has 0 radical (unpaired) electrons. The molecule has 3 heterocycles. The molecule has 0 bridgehead atoms. The minimum Gasteiger partial charge on any atom is -0.493 e. The molecule has 1 aliphatic heterocycles. The van der Waals surface area contributed by atoms with E-state index in [1.165, 1.54) is 24.7 Å². The highest BCUT2D eigenvalue weighted by Crippen LogP contribution is 2.39. The van der Waals surface area contributed by atoms with Crippen LogP contribution in [-0.4, -0.2) is 38.5 Å². The molecule has 1 unspecified atom stereocenters. The number of rotatable bonds is 14. The summed E-state index contributed by atoms with van der Waals surface area (Å²) >= 11 is 0. The molecule has 1 aromatic carbocycles. The van der Waals surface area contributed by atoms with E-state index in [9.17, 15) is 9.59 Å². The first-order valence-electron chi connectivity index (χ1n) is 12.3. The van der Waals surface area contributed by atoms with Gasteiger partial charge in [-0.1, -0.05) is 33.2 Å². The van der Waals surface area contributed by atoms with Gasteiger partial charge in [0.15, 0.2) is 0 Å². The van der Waals surface area contributed by atoms with Crippen LogP contribution in [0.15, 0.2) is 45.7 Å². The fraction of sp³-hybridized carbons (Fsp3) is 0.520. The number of carbonyl (C=O) groups is 1. The van der Waals surface area contributed by atoms with Crippen molar-refractivity contribution in [2.24, 2.45) is 0 Å². The average molecular weight is 517 g/mol. The molecule has 3 aromatic rings. The van der Waals surface area contributed by atoms with E-state index in [-0.39, 0.29) is 11.5 Å². The fourth-order valence-electron chi connectivity index (χ4n) is 3.90. The monoisotopic (exact) mass is 516 g/mol. The highest BCUT2D eigenvalue weighted by atomic mass is 33.1. The summed E-state index contributed by atoms with van der Waals surface area (Å²) in [5, 5.41) is 12.9. The number of fused-ring (bicyclic) bond motifs is 1. The van der Waals surface area contributed by atoms with Gasteiger partial charge in [0, 0.05) is 41.5 Å². The van der Waals surface area contributed by atoms with Gasteiger partial charge in [0.05, 0.1) is 19.3 Å². The van der Waals surface area contributed by atoms with Crippen LogP contribution < -0.4 is 15.7 Å². The number of unbranched alkanes of at least 4 members (excludes halogenated alkanes) is 3. The van der Waals surface area contributed by atoms with E-state index in [4.69, 9.17) is 9.15 Å². The van der Waals surface area contributed by atoms with Gasteiger partial charge in [0.1, 0.15) is 17.0 Å². The molecule has 10 heteroatoms. The summed E-state index contributed by atoms with van der Waals surface area (Å²) in [4.78, 5) is 23.4. The minimum atomic E-state index is -0.364. The molecule has 1 saturated heterocycles. The van der Waals surface area contributed by atoms with Gasteiger partial charge in [0.2, 0.25) is 5.91 Å². The molecule has 0 spiro atoms. The molecular weight excluding hydrogens is 484 g/mol. The van der Waals surface area contributed by atoms with Crippen molar-refractivity contribution in [3.63, 3.8) is 0 Å². The third kappa shape index (κ3) is 8.61. The second-order valence-electron chi connectivity index (χ2n) is 8.69. The number of carbonyl (C=O) groups excluding carboxylic acids is 1. The van der Waals surface area contributed by atoms with E-state index in [1.807, 2.05) is 44.6 Å². The van der Waals surface area contributed by atoms with Crippen LogP contribution in [0.2, 0.25) is 0 Å². The third-order valence-corrected chi connectivity index (χ3v) is 8.86. The summed E-state index contributed by atoms with van der Waals surface area (Å²) < 4.78 is 12.8. The van der Waals surface area contributed by atoms with Crippen molar-refractivity contribution >= 4 is 38.5 Å². The first-order chi connectivity index (χ1) is 17.2. The Labute approximate surface area is 213 Å². The summed E-state index contributed by atoms with van der Waals surface area (Å²) in [5.74, 6) is 2.04. The van der Waals surface area contributed by atoms with Crippen LogP contribution in [0.3, 0.4) is 0 Å². The molecule has 1 fully saturated rings. The lowest BCUT2D eigenvalue weighted by Crippen LogP contribution is -2.22. The van der Waals surface area contributed by atoms with Gasteiger partial charge >= 0.3 is 5.63 Å². The third-order valence-electron chi connectivity index (χ3n) is 5.85. The van der Waals surface area contributed by atoms with Crippen molar-refractivity contribution in [1.29, 1.82) is 0 Å². The molecule has 0 aliphatic carbocycles. The molecule has 2 aromatic heterocycles. The molecule has 4 rings (SSSR count). The van der Waals surface area contributed by atoms with Gasteiger partial charge in [-0.05, 0) is 56.7 Å². The number of aromatic nitrogens is 3. The number of nitrogens with zero attached hydrogens (tertiary/aromatic N) is 3. The zero-order chi connectivity index (χ0) is 24.3. The molecule has 8 nitrogen and oxygen atoms in total. The van der Waals surface area contributed by atoms with Gasteiger partial charge in [-0.15, -0.1) is 5.10 Å². The Balaban J connectivity index is 1.05. The standard InChI is InChI=1S/C25H32N4O4S2/c30-24(7-3-2-6-22-12-15-34-35-22)26-17-20-18-29(28-27-20)13-4-1-5-14-32-21-10-8-19-9-11-25(31)33-23(19)16-21/h8-11,16,18,22H,1-7,12-15,17H2,(H,26,30). The summed E-state index contributed by atoms with van der Waals surface area (Å²) in [6.45, 7) is 1.79. The topological polar surface area (TPSA) is 99.2 Å². The lowest BCUT2D eigenvalue weighted by molar-refractivity contribution is -0.121. The van der Waals surface area contributed by atoms with E-state index in [0.29, 0.717) is 30.9 Å². The number of ether oxygens (including phenoxy) is 1. The van der Waals surface area contributed by atoms with E-state index in [0.717, 1.165) is 55.0 Å². The lowest BCUT2D eigenvalue weighted by atomic mass is 10.1. The molecule has 35 heavy (non-hydrogen) atoms. The summed E-state index contributed by atoms with van der Waals surface area (Å²) in [6.07, 6.45) is 9.92. The number of amides is 1. The first-order valence-corrected chi connectivity index (χ1v) is 14.6. The smallest absolute Gasteiger partial charge is 0.336 e. The predicted octanol–water partition coefficient (Wildman–Crippen LogP) is 4.96. The quantitative estimate of drug-likeness (QED) is 0.182. The lowest BCUT2D eigenvalue weighted by Gasteiger charge is -2.07. The van der Waals surface area contributed by atoms with Gasteiger partial charge in [-0.2, -0.15) is 0 Å². The van der Waals surface area contributed by atoms with Crippen LogP contribution in [0.4, 0.5) is 0 Å². The van der Waals surface area contributed by atoms with Gasteiger partial charge in [-0.3, -0.25) is 9.48 Å². The minimum absolute atomic E-state index is 0.0848. The zero-order valence-corrected chi connectivity index (χ0v) is 21.5. The van der Waals surface area contributed by atoms with E-state index in [1.54, 1.807) is 12.1 Å². The number of nitrogens with one attached hydrogen (secondary N) is 1. The highest BCUT2D eigenvalue weighted by Gasteiger charge is 2.15. The maximum Gasteiger partial charge on any atom is 0.336 e. The Morgan fingerprint density at radius 2 is 2.09 bits per heavy atom. The molecule has 188 valence electrons. The molecule has 1 aliphatic rings. The Morgan fingerprint density at radius 3 is 2.97 bits per heavy atom. The van der Waals surface area contributed by atoms with Crippen molar-refractivity contribution in [1.82, 2.24) is 20.3 Å². The molecule has 1 N–H and O–H groups in total. The summed E-state index contributed by atoms with van der Waals surface area (Å²) in [5.41, 5.74) is 0.951. The SMILES string of the molecule is O=C(CCCCC1CCSS1)NCc1cn(CCCCCOc2ccc3ccc(=O)oc3c2)nn1. The molecular formula is C25H32N4O4S2. The first kappa shape index (κ1) is 25.6. The van der Waals surface area contributed by atoms with Crippen LogP contribution in [-0.2, 0) is 17.9 Å². The van der Waals surface area contributed by atoms with Crippen molar-refractivity contribution < 1.29 is 13.9 Å². The van der Waals surface area contributed by atoms with Crippen LogP contribution in [0.25, 0.3) is 11.0 Å².